The Bertz CT molecular complexity index is 114. The Hall–Kier alpha value is -0.0900. The van der Waals surface area contributed by atoms with Gasteiger partial charge < -0.3 is 0 Å². The molecule has 37 valence electrons. The molecule has 4 heteroatoms. The summed E-state index contributed by atoms with van der Waals surface area (Å²) in [7, 11) is -0.104. The minimum absolute atomic E-state index is 1.04. The van der Waals surface area contributed by atoms with Gasteiger partial charge >= 0.3 is 0 Å². The van der Waals surface area contributed by atoms with Gasteiger partial charge in [0.1, 0.15) is 0 Å². The van der Waals surface area contributed by atoms with Crippen molar-refractivity contribution in [2.75, 3.05) is 6.26 Å². The second-order valence-electron chi connectivity index (χ2n) is 0.917. The van der Waals surface area contributed by atoms with Crippen molar-refractivity contribution in [3.8, 4) is 0 Å². The minimum Gasteiger partial charge on any atom is -0.214 e. The van der Waals surface area contributed by atoms with Gasteiger partial charge in [0.25, 0.3) is 0 Å². The van der Waals surface area contributed by atoms with Gasteiger partial charge in [0.15, 0.2) is 0 Å². The average Bonchev–Trinajstić information content (AvgIpc) is 1.35. The Morgan fingerprint density at radius 2 is 1.83 bits per heavy atom. The highest BCUT2D eigenvalue weighted by Gasteiger charge is 1.88. The Morgan fingerprint density at radius 3 is 1.83 bits per heavy atom. The molecule has 0 unspecified atom stereocenters. The van der Waals surface area contributed by atoms with Crippen LogP contribution in [0.1, 0.15) is 0 Å². The highest BCUT2D eigenvalue weighted by atomic mass is 32.2. The van der Waals surface area contributed by atoms with E-state index in [0.29, 0.717) is 0 Å². The van der Waals surface area contributed by atoms with Crippen LogP contribution in [0.15, 0.2) is 0 Å². The Labute approximate surface area is 37.4 Å². The van der Waals surface area contributed by atoms with E-state index >= 15 is 0 Å². The molecule has 0 atom stereocenters. The third-order valence-corrected chi connectivity index (χ3v) is 0.787. The molecule has 0 heterocycles. The molecule has 0 aliphatic carbocycles. The van der Waals surface area contributed by atoms with E-state index in [2.05, 4.69) is 7.05 Å². The number of nitrogens with one attached hydrogen (secondary N) is 1. The van der Waals surface area contributed by atoms with E-state index in [1.165, 1.54) is 0 Å². The van der Waals surface area contributed by atoms with Crippen LogP contribution in [-0.2, 0) is 10.0 Å². The lowest BCUT2D eigenvalue weighted by atomic mass is 11.6. The maximum Gasteiger partial charge on any atom is 0.208 e. The van der Waals surface area contributed by atoms with Crippen LogP contribution in [0.3, 0.4) is 0 Å². The fraction of sp³-hybridized carbons (Fsp3) is 0.500. The van der Waals surface area contributed by atoms with Crippen LogP contribution in [0.2, 0.25) is 0 Å². The standard InChI is InChI=1S/C2H6NO2S/c1-3-6(2,4)5/h3H,1H2,2H3. The van der Waals surface area contributed by atoms with Gasteiger partial charge in [-0.05, 0) is 0 Å². The van der Waals surface area contributed by atoms with Crippen LogP contribution < -0.4 is 4.72 Å². The van der Waals surface area contributed by atoms with Gasteiger partial charge in [0.2, 0.25) is 10.0 Å². The minimum atomic E-state index is -3.02. The Kier molecular flexibility index (Phi) is 1.55. The number of hydrogen-bond acceptors (Lipinski definition) is 2. The van der Waals surface area contributed by atoms with E-state index < -0.39 is 10.0 Å². The highest BCUT2D eigenvalue weighted by molar-refractivity contribution is 7.88. The van der Waals surface area contributed by atoms with Crippen molar-refractivity contribution in [1.82, 2.24) is 4.72 Å². The number of sulfonamides is 1. The van der Waals surface area contributed by atoms with Crippen molar-refractivity contribution >= 4 is 10.0 Å². The zero-order valence-electron chi connectivity index (χ0n) is 3.43. The van der Waals surface area contributed by atoms with Gasteiger partial charge in [-0.1, -0.05) is 0 Å². The van der Waals surface area contributed by atoms with E-state index in [0.717, 1.165) is 6.26 Å². The van der Waals surface area contributed by atoms with E-state index in [1.807, 2.05) is 4.72 Å². The van der Waals surface area contributed by atoms with Crippen LogP contribution in [0.25, 0.3) is 0 Å². The third kappa shape index (κ3) is 3.91. The van der Waals surface area contributed by atoms with Crippen LogP contribution in [0.4, 0.5) is 0 Å². The normalized spacial score (nSPS) is 11.7. The van der Waals surface area contributed by atoms with E-state index in [4.69, 9.17) is 0 Å². The first-order valence-electron chi connectivity index (χ1n) is 1.30. The molecular weight excluding hydrogens is 102 g/mol. The van der Waals surface area contributed by atoms with E-state index in [9.17, 15) is 8.42 Å². The second kappa shape index (κ2) is 1.57. The first kappa shape index (κ1) is 5.91. The first-order valence-corrected chi connectivity index (χ1v) is 3.19. The van der Waals surface area contributed by atoms with Crippen LogP contribution >= 0.6 is 0 Å². The molecule has 0 aromatic heterocycles. The predicted octanol–water partition coefficient (Wildman–Crippen LogP) is -0.673. The summed E-state index contributed by atoms with van der Waals surface area (Å²) < 4.78 is 21.5. The SMILES string of the molecule is [CH2]NS(C)(=O)=O. The maximum atomic E-state index is 9.83. The van der Waals surface area contributed by atoms with Gasteiger partial charge in [0.05, 0.1) is 6.26 Å². The molecule has 1 radical (unpaired) electrons. The summed E-state index contributed by atoms with van der Waals surface area (Å²) in [6.45, 7) is 0. The molecule has 0 rings (SSSR count). The molecular formula is C2H6NO2S. The van der Waals surface area contributed by atoms with Crippen molar-refractivity contribution in [3.63, 3.8) is 0 Å². The largest absolute Gasteiger partial charge is 0.214 e. The summed E-state index contributed by atoms with van der Waals surface area (Å²) in [6.07, 6.45) is 1.04. The lowest BCUT2D eigenvalue weighted by Crippen LogP contribution is -2.12. The average molecular weight is 108 g/mol. The summed E-state index contributed by atoms with van der Waals surface area (Å²) in [4.78, 5) is 0. The van der Waals surface area contributed by atoms with Crippen LogP contribution in [0.5, 0.6) is 0 Å². The van der Waals surface area contributed by atoms with Gasteiger partial charge in [-0.25, -0.2) is 13.1 Å². The molecule has 0 saturated carbocycles. The summed E-state index contributed by atoms with van der Waals surface area (Å²) >= 11 is 0. The molecule has 0 spiro atoms. The predicted molar refractivity (Wildman–Crippen MR) is 23.3 cm³/mol. The van der Waals surface area contributed by atoms with Gasteiger partial charge in [-0.3, -0.25) is 0 Å². The maximum absolute atomic E-state index is 9.83. The van der Waals surface area contributed by atoms with Crippen LogP contribution in [-0.4, -0.2) is 14.7 Å². The summed E-state index contributed by atoms with van der Waals surface area (Å²) in [6, 6.07) is 0. The lowest BCUT2D eigenvalue weighted by Gasteiger charge is -1.84. The molecule has 0 aliphatic heterocycles. The zero-order valence-corrected chi connectivity index (χ0v) is 4.25. The molecule has 0 saturated heterocycles. The molecule has 0 aliphatic rings. The molecule has 6 heavy (non-hydrogen) atoms. The zero-order chi connectivity index (χ0) is 5.21. The van der Waals surface area contributed by atoms with E-state index in [1.54, 1.807) is 0 Å². The molecule has 0 aromatic carbocycles. The highest BCUT2D eigenvalue weighted by Crippen LogP contribution is 1.64. The Balaban J connectivity index is 3.85. The van der Waals surface area contributed by atoms with Crippen molar-refractivity contribution in [2.45, 2.75) is 0 Å². The number of hydrogen-bond donors (Lipinski definition) is 1. The van der Waals surface area contributed by atoms with E-state index in [-0.39, 0.29) is 0 Å². The molecule has 3 nitrogen and oxygen atoms in total. The van der Waals surface area contributed by atoms with Crippen molar-refractivity contribution in [3.05, 3.63) is 7.05 Å². The first-order chi connectivity index (χ1) is 2.56. The molecule has 0 bridgehead atoms. The van der Waals surface area contributed by atoms with Gasteiger partial charge in [-0.15, -0.1) is 0 Å². The monoisotopic (exact) mass is 108 g/mol. The Morgan fingerprint density at radius 1 is 1.67 bits per heavy atom. The quantitative estimate of drug-likeness (QED) is 0.484. The van der Waals surface area contributed by atoms with Gasteiger partial charge in [0, 0.05) is 7.05 Å². The summed E-state index contributed by atoms with van der Waals surface area (Å²) in [5.74, 6) is 0. The molecule has 0 amide bonds. The molecule has 1 N–H and O–H groups in total. The topological polar surface area (TPSA) is 46.2 Å². The molecule has 0 aromatic rings. The van der Waals surface area contributed by atoms with Crippen molar-refractivity contribution < 1.29 is 8.42 Å². The van der Waals surface area contributed by atoms with Crippen LogP contribution in [0, 0.1) is 7.05 Å². The summed E-state index contributed by atoms with van der Waals surface area (Å²) in [5.41, 5.74) is 0. The second-order valence-corrected chi connectivity index (χ2v) is 2.75. The summed E-state index contributed by atoms with van der Waals surface area (Å²) in [5, 5.41) is 0. The van der Waals surface area contributed by atoms with Crippen molar-refractivity contribution in [1.29, 1.82) is 0 Å². The fourth-order valence-corrected chi connectivity index (χ4v) is 0. The van der Waals surface area contributed by atoms with Crippen molar-refractivity contribution in [2.24, 2.45) is 0 Å². The fourth-order valence-electron chi connectivity index (χ4n) is 0. The lowest BCUT2D eigenvalue weighted by molar-refractivity contribution is 0.596. The third-order valence-electron chi connectivity index (χ3n) is 0.262. The molecule has 0 fully saturated rings. The number of rotatable bonds is 1. The van der Waals surface area contributed by atoms with Gasteiger partial charge in [-0.2, -0.15) is 0 Å². The smallest absolute Gasteiger partial charge is 0.208 e.